The number of aromatic nitrogens is 4. The molecule has 0 radical (unpaired) electrons. The number of H-pyrrole nitrogens is 1. The minimum absolute atomic E-state index is 0.105. The molecule has 1 fully saturated rings. The maximum absolute atomic E-state index is 11.8. The van der Waals surface area contributed by atoms with Crippen LogP contribution in [-0.2, 0) is 9.84 Å². The van der Waals surface area contributed by atoms with Gasteiger partial charge in [-0.3, -0.25) is 9.48 Å². The lowest BCUT2D eigenvalue weighted by molar-refractivity contribution is 0.486. The fraction of sp³-hybridized carbons (Fsp3) is 0.500. The van der Waals surface area contributed by atoms with Gasteiger partial charge in [-0.2, -0.15) is 5.10 Å². The molecule has 2 aromatic rings. The van der Waals surface area contributed by atoms with Gasteiger partial charge in [-0.05, 0) is 32.4 Å². The van der Waals surface area contributed by atoms with Gasteiger partial charge in [-0.25, -0.2) is 13.4 Å². The Kier molecular flexibility index (Phi) is 4.88. The molecular formula is C18H24N4O3S. The molecule has 3 rings (SSSR count). The van der Waals surface area contributed by atoms with Crippen molar-refractivity contribution < 1.29 is 8.42 Å². The van der Waals surface area contributed by atoms with Crippen molar-refractivity contribution in [2.75, 3.05) is 11.5 Å². The first kappa shape index (κ1) is 18.6. The van der Waals surface area contributed by atoms with Crippen LogP contribution < -0.4 is 5.56 Å². The molecule has 8 heteroatoms. The summed E-state index contributed by atoms with van der Waals surface area (Å²) in [5.41, 5.74) is 3.10. The van der Waals surface area contributed by atoms with Crippen molar-refractivity contribution in [1.82, 2.24) is 19.7 Å². The Morgan fingerprint density at radius 3 is 2.65 bits per heavy atom. The second-order valence-electron chi connectivity index (χ2n) is 7.13. The van der Waals surface area contributed by atoms with Crippen LogP contribution in [0.25, 0.3) is 12.2 Å². The van der Waals surface area contributed by atoms with Gasteiger partial charge in [0.1, 0.15) is 5.82 Å². The summed E-state index contributed by atoms with van der Waals surface area (Å²) >= 11 is 0. The van der Waals surface area contributed by atoms with E-state index in [9.17, 15) is 13.2 Å². The van der Waals surface area contributed by atoms with E-state index in [0.717, 1.165) is 17.0 Å². The fourth-order valence-corrected chi connectivity index (χ4v) is 4.96. The third kappa shape index (κ3) is 3.80. The molecule has 0 unspecified atom stereocenters. The molecule has 3 heterocycles. The number of aryl methyl sites for hydroxylation is 1. The molecule has 1 atom stereocenters. The number of aromatic amines is 1. The van der Waals surface area contributed by atoms with Gasteiger partial charge in [-0.1, -0.05) is 13.8 Å². The Balaban J connectivity index is 1.92. The first-order valence-corrected chi connectivity index (χ1v) is 10.5. The summed E-state index contributed by atoms with van der Waals surface area (Å²) in [6, 6.07) is 1.35. The molecule has 0 spiro atoms. The van der Waals surface area contributed by atoms with Crippen molar-refractivity contribution >= 4 is 22.0 Å². The monoisotopic (exact) mass is 376 g/mol. The van der Waals surface area contributed by atoms with Crippen LogP contribution in [0, 0.1) is 13.8 Å². The smallest absolute Gasteiger partial charge is 0.251 e. The summed E-state index contributed by atoms with van der Waals surface area (Å²) in [5, 5.41) is 4.55. The van der Waals surface area contributed by atoms with Gasteiger partial charge < -0.3 is 4.98 Å². The van der Waals surface area contributed by atoms with E-state index in [1.165, 1.54) is 6.07 Å². The molecule has 0 amide bonds. The molecule has 0 bridgehead atoms. The summed E-state index contributed by atoms with van der Waals surface area (Å²) in [4.78, 5) is 19.0. The first-order chi connectivity index (χ1) is 12.2. The van der Waals surface area contributed by atoms with E-state index in [4.69, 9.17) is 0 Å². The Morgan fingerprint density at radius 1 is 1.31 bits per heavy atom. The van der Waals surface area contributed by atoms with Gasteiger partial charge >= 0.3 is 0 Å². The highest BCUT2D eigenvalue weighted by atomic mass is 32.2. The highest BCUT2D eigenvalue weighted by molar-refractivity contribution is 7.91. The first-order valence-electron chi connectivity index (χ1n) is 8.72. The van der Waals surface area contributed by atoms with Crippen molar-refractivity contribution in [1.29, 1.82) is 0 Å². The highest BCUT2D eigenvalue weighted by Gasteiger charge is 2.31. The molecule has 1 aliphatic rings. The summed E-state index contributed by atoms with van der Waals surface area (Å²) in [5.74, 6) is 1.14. The number of hydrogen-bond acceptors (Lipinski definition) is 5. The molecule has 7 nitrogen and oxygen atoms in total. The SMILES string of the molecule is Cc1nn([C@H]2CCS(=O)(=O)C2)c(C)c1/C=C/c1cc(=O)[nH]c(C(C)C)n1. The summed E-state index contributed by atoms with van der Waals surface area (Å²) in [7, 11) is -2.96. The lowest BCUT2D eigenvalue weighted by Gasteiger charge is -2.10. The standard InChI is InChI=1S/C18H24N4O3S/c1-11(2)18-19-14(9-17(23)20-18)5-6-16-12(3)21-22(13(16)4)15-7-8-26(24,25)10-15/h5-6,9,11,15H,7-8,10H2,1-4H3,(H,19,20,23)/b6-5+/t15-/m0/s1. The lowest BCUT2D eigenvalue weighted by Crippen LogP contribution is -2.14. The Hall–Kier alpha value is -2.22. The summed E-state index contributed by atoms with van der Waals surface area (Å²) < 4.78 is 25.3. The second-order valence-corrected chi connectivity index (χ2v) is 9.36. The van der Waals surface area contributed by atoms with Crippen LogP contribution in [0.4, 0.5) is 0 Å². The normalized spacial score (nSPS) is 19.7. The Labute approximate surface area is 153 Å². The van der Waals surface area contributed by atoms with Crippen LogP contribution in [-0.4, -0.2) is 39.7 Å². The molecule has 1 N–H and O–H groups in total. The van der Waals surface area contributed by atoms with Crippen LogP contribution in [0.2, 0.25) is 0 Å². The Bertz CT molecular complexity index is 1020. The number of hydrogen-bond donors (Lipinski definition) is 1. The van der Waals surface area contributed by atoms with Gasteiger partial charge in [0.05, 0.1) is 28.9 Å². The largest absolute Gasteiger partial charge is 0.310 e. The van der Waals surface area contributed by atoms with E-state index < -0.39 is 9.84 Å². The zero-order valence-corrected chi connectivity index (χ0v) is 16.3. The van der Waals surface area contributed by atoms with Gasteiger partial charge in [0.2, 0.25) is 0 Å². The number of sulfone groups is 1. The quantitative estimate of drug-likeness (QED) is 0.882. The van der Waals surface area contributed by atoms with Crippen molar-refractivity contribution in [2.45, 2.75) is 46.1 Å². The van der Waals surface area contributed by atoms with E-state index >= 15 is 0 Å². The number of nitrogens with one attached hydrogen (secondary N) is 1. The van der Waals surface area contributed by atoms with Crippen molar-refractivity contribution in [3.63, 3.8) is 0 Å². The van der Waals surface area contributed by atoms with Gasteiger partial charge in [0.25, 0.3) is 5.56 Å². The number of rotatable bonds is 4. The molecule has 26 heavy (non-hydrogen) atoms. The third-order valence-corrected chi connectivity index (χ3v) is 6.43. The fourth-order valence-electron chi connectivity index (χ4n) is 3.26. The average molecular weight is 376 g/mol. The van der Waals surface area contributed by atoms with Crippen molar-refractivity contribution in [3.8, 4) is 0 Å². The zero-order valence-electron chi connectivity index (χ0n) is 15.5. The molecule has 1 aliphatic heterocycles. The molecule has 0 aromatic carbocycles. The summed E-state index contributed by atoms with van der Waals surface area (Å²) in [6.07, 6.45) is 4.29. The molecule has 140 valence electrons. The predicted molar refractivity (Wildman–Crippen MR) is 102 cm³/mol. The Morgan fingerprint density at radius 2 is 2.04 bits per heavy atom. The predicted octanol–water partition coefficient (Wildman–Crippen LogP) is 2.24. The minimum atomic E-state index is -2.96. The van der Waals surface area contributed by atoms with Gasteiger partial charge in [0, 0.05) is 23.2 Å². The second kappa shape index (κ2) is 6.83. The van der Waals surface area contributed by atoms with Crippen LogP contribution in [0.3, 0.4) is 0 Å². The number of nitrogens with zero attached hydrogens (tertiary/aromatic N) is 3. The molecule has 1 saturated heterocycles. The molecule has 0 saturated carbocycles. The maximum atomic E-state index is 11.8. The van der Waals surface area contributed by atoms with Gasteiger partial charge in [0.15, 0.2) is 9.84 Å². The van der Waals surface area contributed by atoms with Crippen LogP contribution >= 0.6 is 0 Å². The third-order valence-electron chi connectivity index (χ3n) is 4.68. The lowest BCUT2D eigenvalue weighted by atomic mass is 10.1. The van der Waals surface area contributed by atoms with E-state index in [2.05, 4.69) is 15.1 Å². The molecule has 2 aromatic heterocycles. The van der Waals surface area contributed by atoms with Crippen LogP contribution in [0.1, 0.15) is 60.7 Å². The zero-order chi connectivity index (χ0) is 19.1. The topological polar surface area (TPSA) is 97.7 Å². The van der Waals surface area contributed by atoms with Crippen molar-refractivity contribution in [3.05, 3.63) is 44.9 Å². The van der Waals surface area contributed by atoms with Gasteiger partial charge in [-0.15, -0.1) is 0 Å². The molecule has 0 aliphatic carbocycles. The maximum Gasteiger partial charge on any atom is 0.251 e. The van der Waals surface area contributed by atoms with Crippen molar-refractivity contribution in [2.24, 2.45) is 0 Å². The van der Waals surface area contributed by atoms with Crippen LogP contribution in [0.15, 0.2) is 10.9 Å². The highest BCUT2D eigenvalue weighted by Crippen LogP contribution is 2.27. The minimum Gasteiger partial charge on any atom is -0.310 e. The van der Waals surface area contributed by atoms with E-state index in [1.807, 2.05) is 38.5 Å². The van der Waals surface area contributed by atoms with E-state index in [1.54, 1.807) is 6.08 Å². The van der Waals surface area contributed by atoms with E-state index in [-0.39, 0.29) is 29.0 Å². The van der Waals surface area contributed by atoms with Crippen LogP contribution in [0.5, 0.6) is 0 Å². The van der Waals surface area contributed by atoms with E-state index in [0.29, 0.717) is 17.9 Å². The average Bonchev–Trinajstić information content (AvgIpc) is 3.04. The molecular weight excluding hydrogens is 352 g/mol. The summed E-state index contributed by atoms with van der Waals surface area (Å²) in [6.45, 7) is 7.78.